The number of ether oxygens (including phenoxy) is 2. The van der Waals surface area contributed by atoms with E-state index >= 15 is 0 Å². The zero-order valence-corrected chi connectivity index (χ0v) is 21.5. The summed E-state index contributed by atoms with van der Waals surface area (Å²) < 4.78 is 9.28. The van der Waals surface area contributed by atoms with Crippen LogP contribution in [0.25, 0.3) is 0 Å². The van der Waals surface area contributed by atoms with Crippen LogP contribution < -0.4 is 51.4 Å². The zero-order chi connectivity index (χ0) is 20.4. The van der Waals surface area contributed by atoms with Crippen LogP contribution in [0.5, 0.6) is 0 Å². The van der Waals surface area contributed by atoms with Gasteiger partial charge in [0.1, 0.15) is 0 Å². The topological polar surface area (TPSA) is 107 Å². The number of hydrogen-bond acceptors (Lipinski definition) is 9. The number of carbonyl (C=O) groups is 4. The number of carbonyl (C=O) groups excluding carboxylic acids is 4. The molecule has 0 rings (SSSR count). The summed E-state index contributed by atoms with van der Waals surface area (Å²) in [4.78, 5) is 41.2. The summed E-state index contributed by atoms with van der Waals surface area (Å²) in [5, 5.41) is 8.45. The summed E-state index contributed by atoms with van der Waals surface area (Å²) in [6.45, 7) is 10.5. The third-order valence-corrected chi connectivity index (χ3v) is 2.79. The van der Waals surface area contributed by atoms with Gasteiger partial charge in [0.15, 0.2) is 5.12 Å². The molecule has 148 valence electrons. The van der Waals surface area contributed by atoms with Crippen LogP contribution in [-0.4, -0.2) is 51.8 Å². The van der Waals surface area contributed by atoms with Gasteiger partial charge in [0.05, 0.1) is 32.2 Å². The van der Waals surface area contributed by atoms with Gasteiger partial charge in [0, 0.05) is 17.3 Å². The summed E-state index contributed by atoms with van der Waals surface area (Å²) in [5.41, 5.74) is 0. The largest absolute Gasteiger partial charge is 1.00 e. The van der Waals surface area contributed by atoms with E-state index in [4.69, 9.17) is 9.84 Å². The van der Waals surface area contributed by atoms with Gasteiger partial charge < -0.3 is 32.0 Å². The summed E-state index contributed by atoms with van der Waals surface area (Å²) >= 11 is 5.15. The van der Waals surface area contributed by atoms with Gasteiger partial charge in [-0.2, -0.15) is 0 Å². The molecule has 1 N–H and O–H groups in total. The van der Waals surface area contributed by atoms with Crippen LogP contribution in [0.3, 0.4) is 0 Å². The van der Waals surface area contributed by atoms with Crippen LogP contribution in [0, 0.1) is 0 Å². The number of aliphatic hydroxyl groups excluding tert-OH is 1. The normalized spacial score (nSPS) is 11.0. The van der Waals surface area contributed by atoms with Crippen molar-refractivity contribution in [1.82, 2.24) is 0 Å². The maximum absolute atomic E-state index is 10.9. The van der Waals surface area contributed by atoms with E-state index in [-0.39, 0.29) is 85.2 Å². The van der Waals surface area contributed by atoms with E-state index in [0.29, 0.717) is 19.6 Å². The fourth-order valence-corrected chi connectivity index (χ4v) is 2.03. The monoisotopic (exact) mass is 436 g/mol. The molecule has 0 aliphatic carbocycles. The summed E-state index contributed by atoms with van der Waals surface area (Å²) in [7, 11) is 0. The average molecular weight is 437 g/mol. The van der Waals surface area contributed by atoms with Gasteiger partial charge >= 0.3 is 63.3 Å². The number of thioether (sulfide) groups is 1. The van der Waals surface area contributed by atoms with Crippen molar-refractivity contribution in [3.63, 3.8) is 0 Å². The van der Waals surface area contributed by atoms with Crippen LogP contribution in [0.15, 0.2) is 0 Å². The van der Waals surface area contributed by atoms with Gasteiger partial charge in [-0.05, 0) is 27.7 Å². The molecular formula is C16H29KO7S2. The smallest absolute Gasteiger partial charge is 0.742 e. The van der Waals surface area contributed by atoms with E-state index in [1.165, 1.54) is 25.6 Å². The second kappa shape index (κ2) is 23.5. The van der Waals surface area contributed by atoms with Gasteiger partial charge in [-0.3, -0.25) is 14.4 Å². The molecule has 0 aliphatic rings. The maximum Gasteiger partial charge on any atom is 1.00 e. The standard InChI is InChI=1S/C8H14O3S.C6H12O3.C2H4OS.K/c1-4-11-8(10)5-6(2)12-7(3)9;1-3-9-6(8)4-5(2)7;1-2(3)4;/h6H,4-5H2,1-3H3;5,7H,3-4H2,1-2H3;1H3,(H,3,4);/q;;;+1/p-1/t6-;5-;;/m10../s1. The Kier molecular flexibility index (Phi) is 30.7. The van der Waals surface area contributed by atoms with Gasteiger partial charge in [0.25, 0.3) is 0 Å². The van der Waals surface area contributed by atoms with E-state index in [0.717, 1.165) is 0 Å². The van der Waals surface area contributed by atoms with Crippen molar-refractivity contribution in [2.75, 3.05) is 13.2 Å². The average Bonchev–Trinajstić information content (AvgIpc) is 2.36. The molecule has 0 saturated carbocycles. The Hall–Kier alpha value is 0.446. The Bertz CT molecular complexity index is 400. The number of aliphatic hydroxyl groups is 1. The summed E-state index contributed by atoms with van der Waals surface area (Å²) in [6.07, 6.45) is -0.199. The van der Waals surface area contributed by atoms with E-state index in [9.17, 15) is 19.2 Å². The van der Waals surface area contributed by atoms with Gasteiger partial charge in [-0.15, -0.1) is 0 Å². The molecule has 10 heteroatoms. The van der Waals surface area contributed by atoms with Crippen molar-refractivity contribution in [1.29, 1.82) is 0 Å². The minimum absolute atomic E-state index is 0. The van der Waals surface area contributed by atoms with Gasteiger partial charge in [-0.25, -0.2) is 0 Å². The molecule has 0 aromatic carbocycles. The van der Waals surface area contributed by atoms with E-state index < -0.39 is 6.10 Å². The molecule has 2 atom stereocenters. The molecule has 0 unspecified atom stereocenters. The van der Waals surface area contributed by atoms with E-state index in [1.54, 1.807) is 20.8 Å². The third-order valence-electron chi connectivity index (χ3n) is 1.89. The second-order valence-electron chi connectivity index (χ2n) is 4.78. The first-order valence-corrected chi connectivity index (χ1v) is 9.08. The molecule has 0 aromatic rings. The minimum atomic E-state index is -0.593. The number of esters is 2. The van der Waals surface area contributed by atoms with Crippen molar-refractivity contribution in [3.8, 4) is 0 Å². The molecule has 7 nitrogen and oxygen atoms in total. The Morgan fingerprint density at radius 3 is 1.58 bits per heavy atom. The second-order valence-corrected chi connectivity index (χ2v) is 6.97. The SMILES string of the molecule is CC(=O)[S-].CCOC(=O)C[C@@H](C)SC(C)=O.CCOC(=O)C[C@H](C)O.[K+]. The summed E-state index contributed by atoms with van der Waals surface area (Å²) in [6, 6.07) is 0. The first kappa shape index (κ1) is 34.0. The van der Waals surface area contributed by atoms with Gasteiger partial charge in [-0.1, -0.05) is 18.7 Å². The Labute approximate surface area is 208 Å². The van der Waals surface area contributed by atoms with Crippen LogP contribution in [0.1, 0.15) is 54.4 Å². The van der Waals surface area contributed by atoms with Crippen LogP contribution in [0.4, 0.5) is 0 Å². The number of hydrogen-bond donors (Lipinski definition) is 1. The van der Waals surface area contributed by atoms with E-state index in [1.807, 2.05) is 6.92 Å². The predicted octanol–water partition coefficient (Wildman–Crippen LogP) is -0.988. The Morgan fingerprint density at radius 2 is 1.31 bits per heavy atom. The molecule has 0 heterocycles. The Morgan fingerprint density at radius 1 is 0.962 bits per heavy atom. The zero-order valence-electron chi connectivity index (χ0n) is 16.7. The fraction of sp³-hybridized carbons (Fsp3) is 0.750. The predicted molar refractivity (Wildman–Crippen MR) is 100.0 cm³/mol. The van der Waals surface area contributed by atoms with E-state index in [2.05, 4.69) is 17.4 Å². The van der Waals surface area contributed by atoms with Crippen LogP contribution >= 0.6 is 11.8 Å². The van der Waals surface area contributed by atoms with Gasteiger partial charge in [0.2, 0.25) is 0 Å². The maximum atomic E-state index is 10.9. The van der Waals surface area contributed by atoms with Crippen molar-refractivity contribution in [2.24, 2.45) is 0 Å². The first-order valence-electron chi connectivity index (χ1n) is 7.80. The Balaban J connectivity index is -0.000000153. The molecule has 0 radical (unpaired) electrons. The van der Waals surface area contributed by atoms with Crippen molar-refractivity contribution in [3.05, 3.63) is 0 Å². The molecule has 0 spiro atoms. The van der Waals surface area contributed by atoms with Crippen molar-refractivity contribution < 1.29 is 85.1 Å². The minimum Gasteiger partial charge on any atom is -0.742 e. The molecule has 0 fully saturated rings. The quantitative estimate of drug-likeness (QED) is 0.306. The van der Waals surface area contributed by atoms with Crippen molar-refractivity contribution in [2.45, 2.75) is 65.7 Å². The molecule has 0 bridgehead atoms. The molecule has 0 aliphatic heterocycles. The molecule has 26 heavy (non-hydrogen) atoms. The first-order chi connectivity index (χ1) is 11.5. The molecular weight excluding hydrogens is 407 g/mol. The molecule has 0 amide bonds. The third kappa shape index (κ3) is 39.5. The van der Waals surface area contributed by atoms with Crippen molar-refractivity contribution >= 4 is 46.6 Å². The van der Waals surface area contributed by atoms with Crippen LogP contribution in [-0.2, 0) is 41.3 Å². The number of rotatable bonds is 7. The molecule has 0 aromatic heterocycles. The summed E-state index contributed by atoms with van der Waals surface area (Å²) in [5.74, 6) is -0.578. The van der Waals surface area contributed by atoms with Crippen LogP contribution in [0.2, 0.25) is 0 Å². The molecule has 0 saturated heterocycles. The fourth-order valence-electron chi connectivity index (χ4n) is 1.24.